The standard InChI is InChI=1S/C25H21BrN2O/c1-3-17-9-12-23-20(14-17)21(15-24(28-23)18-7-5-4-6-8-18)25(29)27-19-10-11-22(26)16(2)13-19/h4-15H,3H2,1-2H3,(H,27,29). The predicted octanol–water partition coefficient (Wildman–Crippen LogP) is 6.79. The van der Waals surface area contributed by atoms with Crippen molar-refractivity contribution in [1.82, 2.24) is 4.98 Å². The fourth-order valence-corrected chi connectivity index (χ4v) is 3.61. The molecule has 4 aromatic rings. The van der Waals surface area contributed by atoms with Gasteiger partial charge in [-0.3, -0.25) is 4.79 Å². The second kappa shape index (κ2) is 8.18. The predicted molar refractivity (Wildman–Crippen MR) is 123 cm³/mol. The second-order valence-electron chi connectivity index (χ2n) is 7.04. The van der Waals surface area contributed by atoms with Gasteiger partial charge in [0.25, 0.3) is 5.91 Å². The summed E-state index contributed by atoms with van der Waals surface area (Å²) in [7, 11) is 0. The topological polar surface area (TPSA) is 42.0 Å². The SMILES string of the molecule is CCc1ccc2nc(-c3ccccc3)cc(C(=O)Nc3ccc(Br)c(C)c3)c2c1. The van der Waals surface area contributed by atoms with E-state index in [-0.39, 0.29) is 5.91 Å². The molecule has 0 unspecified atom stereocenters. The third-order valence-electron chi connectivity index (χ3n) is 5.01. The summed E-state index contributed by atoms with van der Waals surface area (Å²) >= 11 is 3.50. The van der Waals surface area contributed by atoms with Gasteiger partial charge in [-0.05, 0) is 60.9 Å². The Morgan fingerprint density at radius 3 is 2.52 bits per heavy atom. The number of rotatable bonds is 4. The number of pyridine rings is 1. The Balaban J connectivity index is 1.83. The largest absolute Gasteiger partial charge is 0.322 e. The number of fused-ring (bicyclic) bond motifs is 1. The zero-order chi connectivity index (χ0) is 20.4. The molecule has 0 fully saturated rings. The molecule has 0 spiro atoms. The quantitative estimate of drug-likeness (QED) is 0.376. The molecule has 4 rings (SSSR count). The van der Waals surface area contributed by atoms with E-state index in [1.807, 2.05) is 67.6 Å². The Morgan fingerprint density at radius 2 is 1.79 bits per heavy atom. The van der Waals surface area contributed by atoms with E-state index in [4.69, 9.17) is 4.98 Å². The third kappa shape index (κ3) is 4.08. The number of aryl methyl sites for hydroxylation is 2. The number of nitrogens with zero attached hydrogens (tertiary/aromatic N) is 1. The van der Waals surface area contributed by atoms with Crippen molar-refractivity contribution in [3.63, 3.8) is 0 Å². The van der Waals surface area contributed by atoms with Crippen molar-refractivity contribution in [1.29, 1.82) is 0 Å². The van der Waals surface area contributed by atoms with Crippen molar-refractivity contribution in [2.75, 3.05) is 5.32 Å². The number of carbonyl (C=O) groups is 1. The van der Waals surface area contributed by atoms with Crippen LogP contribution in [0.3, 0.4) is 0 Å². The number of hydrogen-bond donors (Lipinski definition) is 1. The highest BCUT2D eigenvalue weighted by molar-refractivity contribution is 9.10. The lowest BCUT2D eigenvalue weighted by molar-refractivity contribution is 0.102. The number of nitrogens with one attached hydrogen (secondary N) is 1. The molecule has 1 aromatic heterocycles. The Morgan fingerprint density at radius 1 is 1.00 bits per heavy atom. The van der Waals surface area contributed by atoms with E-state index in [2.05, 4.69) is 40.3 Å². The van der Waals surface area contributed by atoms with Crippen molar-refractivity contribution in [3.05, 3.63) is 94.0 Å². The highest BCUT2D eigenvalue weighted by Crippen LogP contribution is 2.27. The first kappa shape index (κ1) is 19.3. The summed E-state index contributed by atoms with van der Waals surface area (Å²) in [6.45, 7) is 4.11. The first-order valence-corrected chi connectivity index (χ1v) is 10.4. The monoisotopic (exact) mass is 444 g/mol. The van der Waals surface area contributed by atoms with Gasteiger partial charge in [-0.2, -0.15) is 0 Å². The van der Waals surface area contributed by atoms with Gasteiger partial charge in [-0.25, -0.2) is 4.98 Å². The lowest BCUT2D eigenvalue weighted by atomic mass is 10.0. The maximum absolute atomic E-state index is 13.3. The summed E-state index contributed by atoms with van der Waals surface area (Å²) in [6.07, 6.45) is 0.906. The van der Waals surface area contributed by atoms with E-state index < -0.39 is 0 Å². The normalized spacial score (nSPS) is 10.9. The molecule has 3 aromatic carbocycles. The molecule has 0 saturated heterocycles. The first-order chi connectivity index (χ1) is 14.0. The summed E-state index contributed by atoms with van der Waals surface area (Å²) in [5, 5.41) is 3.92. The molecular formula is C25H21BrN2O. The third-order valence-corrected chi connectivity index (χ3v) is 5.90. The van der Waals surface area contributed by atoms with Crippen LogP contribution in [0.15, 0.2) is 77.3 Å². The molecule has 29 heavy (non-hydrogen) atoms. The Bertz CT molecular complexity index is 1200. The van der Waals surface area contributed by atoms with Crippen LogP contribution in [0.25, 0.3) is 22.2 Å². The molecule has 144 valence electrons. The van der Waals surface area contributed by atoms with Crippen molar-refractivity contribution in [2.24, 2.45) is 0 Å². The van der Waals surface area contributed by atoms with Crippen LogP contribution in [-0.2, 0) is 6.42 Å². The summed E-state index contributed by atoms with van der Waals surface area (Å²) < 4.78 is 1.02. The van der Waals surface area contributed by atoms with Crippen LogP contribution in [0.1, 0.15) is 28.4 Å². The van der Waals surface area contributed by atoms with Gasteiger partial charge in [0, 0.05) is 21.1 Å². The Hall–Kier alpha value is -2.98. The first-order valence-electron chi connectivity index (χ1n) is 9.62. The molecule has 0 saturated carbocycles. The van der Waals surface area contributed by atoms with Gasteiger partial charge < -0.3 is 5.32 Å². The number of benzene rings is 3. The van der Waals surface area contributed by atoms with Gasteiger partial charge >= 0.3 is 0 Å². The lowest BCUT2D eigenvalue weighted by Crippen LogP contribution is -2.13. The number of hydrogen-bond acceptors (Lipinski definition) is 2. The molecule has 0 aliphatic rings. The fourth-order valence-electron chi connectivity index (χ4n) is 3.36. The average Bonchev–Trinajstić information content (AvgIpc) is 2.75. The summed E-state index contributed by atoms with van der Waals surface area (Å²) in [5.41, 5.74) is 6.25. The minimum atomic E-state index is -0.135. The van der Waals surface area contributed by atoms with Crippen LogP contribution in [0.2, 0.25) is 0 Å². The Kier molecular flexibility index (Phi) is 5.45. The van der Waals surface area contributed by atoms with Crippen LogP contribution < -0.4 is 5.32 Å². The van der Waals surface area contributed by atoms with E-state index in [9.17, 15) is 4.79 Å². The summed E-state index contributed by atoms with van der Waals surface area (Å²) in [6, 6.07) is 23.8. The van der Waals surface area contributed by atoms with E-state index in [0.717, 1.165) is 44.3 Å². The molecule has 0 aliphatic carbocycles. The van der Waals surface area contributed by atoms with E-state index in [1.54, 1.807) is 0 Å². The maximum atomic E-state index is 13.3. The number of halogens is 1. The molecule has 0 radical (unpaired) electrons. The molecular weight excluding hydrogens is 424 g/mol. The van der Waals surface area contributed by atoms with Gasteiger partial charge in [0.05, 0.1) is 16.8 Å². The molecule has 0 atom stereocenters. The van der Waals surface area contributed by atoms with Crippen LogP contribution in [0.5, 0.6) is 0 Å². The highest BCUT2D eigenvalue weighted by Gasteiger charge is 2.15. The number of aromatic nitrogens is 1. The number of carbonyl (C=O) groups excluding carboxylic acids is 1. The maximum Gasteiger partial charge on any atom is 0.256 e. The van der Waals surface area contributed by atoms with Gasteiger partial charge in [0.1, 0.15) is 0 Å². The van der Waals surface area contributed by atoms with E-state index in [0.29, 0.717) is 5.56 Å². The van der Waals surface area contributed by atoms with Gasteiger partial charge in [-0.15, -0.1) is 0 Å². The molecule has 1 heterocycles. The van der Waals surface area contributed by atoms with Gasteiger partial charge in [0.2, 0.25) is 0 Å². The lowest BCUT2D eigenvalue weighted by Gasteiger charge is -2.12. The van der Waals surface area contributed by atoms with Crippen molar-refractivity contribution in [3.8, 4) is 11.3 Å². The number of amides is 1. The minimum Gasteiger partial charge on any atom is -0.322 e. The molecule has 4 heteroatoms. The minimum absolute atomic E-state index is 0.135. The van der Waals surface area contributed by atoms with Crippen LogP contribution in [0, 0.1) is 6.92 Å². The van der Waals surface area contributed by atoms with Crippen LogP contribution in [0.4, 0.5) is 5.69 Å². The molecule has 3 nitrogen and oxygen atoms in total. The van der Waals surface area contributed by atoms with Crippen LogP contribution in [-0.4, -0.2) is 10.9 Å². The van der Waals surface area contributed by atoms with Crippen LogP contribution >= 0.6 is 15.9 Å². The smallest absolute Gasteiger partial charge is 0.256 e. The average molecular weight is 445 g/mol. The zero-order valence-electron chi connectivity index (χ0n) is 16.4. The van der Waals surface area contributed by atoms with Gasteiger partial charge in [-0.1, -0.05) is 59.3 Å². The fraction of sp³-hybridized carbons (Fsp3) is 0.120. The van der Waals surface area contributed by atoms with E-state index in [1.165, 1.54) is 5.56 Å². The molecule has 0 bridgehead atoms. The van der Waals surface area contributed by atoms with Crippen molar-refractivity contribution < 1.29 is 4.79 Å². The summed E-state index contributed by atoms with van der Waals surface area (Å²) in [4.78, 5) is 18.1. The zero-order valence-corrected chi connectivity index (χ0v) is 18.0. The van der Waals surface area contributed by atoms with E-state index >= 15 is 0 Å². The van der Waals surface area contributed by atoms with Crippen molar-refractivity contribution >= 4 is 38.4 Å². The molecule has 0 aliphatic heterocycles. The number of anilines is 1. The Labute approximate surface area is 178 Å². The highest BCUT2D eigenvalue weighted by atomic mass is 79.9. The van der Waals surface area contributed by atoms with Crippen molar-refractivity contribution in [2.45, 2.75) is 20.3 Å². The van der Waals surface area contributed by atoms with Gasteiger partial charge in [0.15, 0.2) is 0 Å². The summed E-state index contributed by atoms with van der Waals surface area (Å²) in [5.74, 6) is -0.135. The molecule has 1 amide bonds. The molecule has 1 N–H and O–H groups in total. The second-order valence-corrected chi connectivity index (χ2v) is 7.90.